The molecule has 0 amide bonds. The molecule has 4 N–H and O–H groups in total. The Morgan fingerprint density at radius 1 is 0.738 bits per heavy atom. The number of benzene rings is 3. The Bertz CT molecular complexity index is 2330. The van der Waals surface area contributed by atoms with Crippen LogP contribution in [0.15, 0.2) is 103 Å². The molecule has 0 spiro atoms. The van der Waals surface area contributed by atoms with Crippen LogP contribution in [0.2, 0.25) is 0 Å². The summed E-state index contributed by atoms with van der Waals surface area (Å²) in [5.74, 6) is 0. The predicted molar refractivity (Wildman–Crippen MR) is 143 cm³/mol. The van der Waals surface area contributed by atoms with Gasteiger partial charge in [-0.05, 0) is 54.6 Å². The third kappa shape index (κ3) is 6.73. The molecular weight excluding hydrogens is 606 g/mol. The molecule has 2 aliphatic carbocycles. The summed E-state index contributed by atoms with van der Waals surface area (Å²) in [4.78, 5) is 29.6. The Morgan fingerprint density at radius 3 is 1.69 bits per heavy atom. The van der Waals surface area contributed by atoms with E-state index >= 15 is 0 Å². The molecule has 0 saturated carbocycles. The Balaban J connectivity index is 0.00000242. The van der Waals surface area contributed by atoms with E-state index in [9.17, 15) is 31.0 Å². The van der Waals surface area contributed by atoms with E-state index in [4.69, 9.17) is 9.96 Å². The zero-order valence-electron chi connectivity index (χ0n) is 22.1. The Labute approximate surface area is 282 Å². The molecule has 16 heteroatoms. The van der Waals surface area contributed by atoms with Crippen molar-refractivity contribution in [3.8, 4) is 0 Å². The van der Waals surface area contributed by atoms with Gasteiger partial charge in [0.1, 0.15) is 10.1 Å². The maximum absolute atomic E-state index is 13.3. The molecule has 0 aromatic heterocycles. The molecular formula is C26H17N4Na2O8S2+. The summed E-state index contributed by atoms with van der Waals surface area (Å²) >= 11 is 0. The largest absolute Gasteiger partial charge is 1.00 e. The van der Waals surface area contributed by atoms with Gasteiger partial charge in [-0.2, -0.15) is 8.42 Å². The number of hydrogen-bond donors (Lipinski definition) is 4. The molecule has 3 aromatic rings. The number of nitrogens with one attached hydrogen (secondary N) is 3. The van der Waals surface area contributed by atoms with Gasteiger partial charge in [0.25, 0.3) is 10.1 Å². The summed E-state index contributed by atoms with van der Waals surface area (Å²) in [6.45, 7) is 0. The van der Waals surface area contributed by atoms with Gasteiger partial charge >= 0.3 is 59.1 Å². The first-order valence-electron chi connectivity index (χ1n) is 11.3. The van der Waals surface area contributed by atoms with Crippen molar-refractivity contribution in [2.45, 2.75) is 9.79 Å². The van der Waals surface area contributed by atoms with E-state index in [-0.39, 0.29) is 91.0 Å². The van der Waals surface area contributed by atoms with Crippen LogP contribution >= 0.6 is 0 Å². The van der Waals surface area contributed by atoms with E-state index in [1.807, 2.05) is 0 Å². The monoisotopic (exact) mass is 623 g/mol. The van der Waals surface area contributed by atoms with Crippen LogP contribution in [0.3, 0.4) is 0 Å². The van der Waals surface area contributed by atoms with Gasteiger partial charge in [0.15, 0.2) is 10.9 Å². The molecule has 5 rings (SSSR count). The van der Waals surface area contributed by atoms with Crippen LogP contribution < -0.4 is 91.5 Å². The van der Waals surface area contributed by atoms with E-state index in [0.717, 1.165) is 6.07 Å². The van der Waals surface area contributed by atoms with Crippen LogP contribution in [0.1, 0.15) is 0 Å². The fourth-order valence-electron chi connectivity index (χ4n) is 4.15. The zero-order valence-corrected chi connectivity index (χ0v) is 27.7. The maximum Gasteiger partial charge on any atom is 1.00 e. The normalized spacial score (nSPS) is 12.0. The van der Waals surface area contributed by atoms with Gasteiger partial charge in [0, 0.05) is 10.8 Å². The Morgan fingerprint density at radius 2 is 1.21 bits per heavy atom. The SMILES string of the molecule is N=c1c(S(=O)(=O)[O-])cc(=Nc2ccc(NNc3ccc(S(=O)(=O)O)cc3)cc2)c2c(=O)c3ccccc3c(=O)c1=2.[Na+].[Na+]. The second kappa shape index (κ2) is 12.9. The number of rotatable bonds is 6. The fourth-order valence-corrected chi connectivity index (χ4v) is 5.24. The molecule has 42 heavy (non-hydrogen) atoms. The van der Waals surface area contributed by atoms with Crippen LogP contribution in [0, 0.1) is 15.8 Å². The first-order valence-corrected chi connectivity index (χ1v) is 14.2. The minimum Gasteiger partial charge on any atom is -0.744 e. The summed E-state index contributed by atoms with van der Waals surface area (Å²) in [5, 5.41) is 6.46. The average Bonchev–Trinajstić information content (AvgIpc) is 2.91. The predicted octanol–water partition coefficient (Wildman–Crippen LogP) is -4.53. The van der Waals surface area contributed by atoms with Crippen molar-refractivity contribution in [2.75, 3.05) is 10.9 Å². The number of nitrogens with zero attached hydrogens (tertiary/aromatic N) is 1. The van der Waals surface area contributed by atoms with Gasteiger partial charge in [-0.3, -0.25) is 19.6 Å². The van der Waals surface area contributed by atoms with E-state index in [2.05, 4.69) is 15.8 Å². The van der Waals surface area contributed by atoms with Gasteiger partial charge < -0.3 is 15.4 Å². The topological polar surface area (TPSA) is 206 Å². The van der Waals surface area contributed by atoms with Crippen LogP contribution in [0.4, 0.5) is 17.1 Å². The summed E-state index contributed by atoms with van der Waals surface area (Å²) in [6.07, 6.45) is 0. The van der Waals surface area contributed by atoms with Crippen LogP contribution in [0.5, 0.6) is 0 Å². The van der Waals surface area contributed by atoms with Crippen molar-refractivity contribution >= 4 is 48.1 Å². The molecule has 0 aliphatic heterocycles. The standard InChI is InChI=1S/C26H18N4O8S2.2Na/c27-24-21(40(36,37)38)13-20(22-23(24)26(32)19-4-2-1-3-18(19)25(22)31)28-14-5-7-15(8-6-14)29-30-16-9-11-17(12-10-16)39(33,34)35;;/h1-13,27,29-30H,(H,33,34,35)(H,36,37,38);;/q;2*+1/p-1. The average molecular weight is 624 g/mol. The number of fused-ring (bicyclic) bond motifs is 1. The van der Waals surface area contributed by atoms with E-state index in [1.54, 1.807) is 18.2 Å². The van der Waals surface area contributed by atoms with Gasteiger partial charge in [-0.15, -0.1) is 0 Å². The van der Waals surface area contributed by atoms with Gasteiger partial charge in [0.2, 0.25) is 0 Å². The van der Waals surface area contributed by atoms with Gasteiger partial charge in [-0.1, -0.05) is 24.3 Å². The molecule has 0 bridgehead atoms. The van der Waals surface area contributed by atoms with Crippen molar-refractivity contribution < 1.29 is 85.1 Å². The van der Waals surface area contributed by atoms with Crippen molar-refractivity contribution in [3.63, 3.8) is 0 Å². The molecule has 0 saturated heterocycles. The van der Waals surface area contributed by atoms with E-state index in [1.165, 1.54) is 54.6 Å². The summed E-state index contributed by atoms with van der Waals surface area (Å²) in [7, 11) is -9.50. The van der Waals surface area contributed by atoms with Crippen molar-refractivity contribution in [1.82, 2.24) is 0 Å². The van der Waals surface area contributed by atoms with Crippen LogP contribution in [-0.4, -0.2) is 25.9 Å². The van der Waals surface area contributed by atoms with Crippen molar-refractivity contribution in [3.05, 3.63) is 120 Å². The second-order valence-electron chi connectivity index (χ2n) is 8.58. The number of anilines is 2. The number of hydrazine groups is 1. The molecule has 0 heterocycles. The van der Waals surface area contributed by atoms with Gasteiger partial charge in [0.05, 0.1) is 48.0 Å². The summed E-state index contributed by atoms with van der Waals surface area (Å²) < 4.78 is 67.1. The first-order chi connectivity index (χ1) is 18.8. The molecule has 12 nitrogen and oxygen atoms in total. The molecule has 0 unspecified atom stereocenters. The third-order valence-electron chi connectivity index (χ3n) is 6.03. The molecule has 202 valence electrons. The fraction of sp³-hybridized carbons (Fsp3) is 0. The zero-order chi connectivity index (χ0) is 28.8. The summed E-state index contributed by atoms with van der Waals surface area (Å²) in [6, 6.07) is 18.2. The minimum atomic E-state index is -5.18. The van der Waals surface area contributed by atoms with Crippen LogP contribution in [0.25, 0.3) is 10.8 Å². The second-order valence-corrected chi connectivity index (χ2v) is 11.4. The maximum atomic E-state index is 13.3. The van der Waals surface area contributed by atoms with Gasteiger partial charge in [-0.25, -0.2) is 13.4 Å². The Kier molecular flexibility index (Phi) is 10.3. The summed E-state index contributed by atoms with van der Waals surface area (Å²) in [5.41, 5.74) is 5.59. The Hall–Kier alpha value is -2.76. The third-order valence-corrected chi connectivity index (χ3v) is 7.76. The minimum absolute atomic E-state index is 0. The molecule has 0 radical (unpaired) electrons. The van der Waals surface area contributed by atoms with E-state index in [0.29, 0.717) is 11.4 Å². The molecule has 0 atom stereocenters. The van der Waals surface area contributed by atoms with Crippen LogP contribution in [-0.2, 0) is 20.2 Å². The smallest absolute Gasteiger partial charge is 0.744 e. The first kappa shape index (κ1) is 33.7. The molecule has 3 aromatic carbocycles. The number of hydrogen-bond acceptors (Lipinski definition) is 11. The molecule has 0 fully saturated rings. The molecule has 2 aliphatic rings. The van der Waals surface area contributed by atoms with E-state index < -0.39 is 46.6 Å². The van der Waals surface area contributed by atoms with Crippen molar-refractivity contribution in [2.24, 2.45) is 4.99 Å². The van der Waals surface area contributed by atoms with Crippen molar-refractivity contribution in [1.29, 1.82) is 5.41 Å². The quantitative estimate of drug-likeness (QED) is 0.0810.